The van der Waals surface area contributed by atoms with Crippen LogP contribution in [0.5, 0.6) is 0 Å². The SMILES string of the molecule is O=S(=O)(CC1CCCO1)Nc1ncc(Br)s1. The molecule has 5 nitrogen and oxygen atoms in total. The number of rotatable bonds is 4. The number of ether oxygens (including phenoxy) is 1. The minimum absolute atomic E-state index is 0.00417. The maximum Gasteiger partial charge on any atom is 0.237 e. The Kier molecular flexibility index (Phi) is 3.83. The van der Waals surface area contributed by atoms with Crippen LogP contribution in [0.2, 0.25) is 0 Å². The molecule has 0 amide bonds. The highest BCUT2D eigenvalue weighted by atomic mass is 79.9. The minimum atomic E-state index is -3.35. The molecule has 1 unspecified atom stereocenters. The van der Waals surface area contributed by atoms with Crippen LogP contribution in [0.4, 0.5) is 5.13 Å². The normalized spacial score (nSPS) is 21.2. The number of hydrogen-bond acceptors (Lipinski definition) is 5. The Labute approximate surface area is 106 Å². The maximum absolute atomic E-state index is 11.7. The summed E-state index contributed by atoms with van der Waals surface area (Å²) in [6, 6.07) is 0. The average molecular weight is 327 g/mol. The van der Waals surface area contributed by atoms with Crippen molar-refractivity contribution in [3.05, 3.63) is 9.98 Å². The molecule has 0 radical (unpaired) electrons. The van der Waals surface area contributed by atoms with Gasteiger partial charge in [0, 0.05) is 6.61 Å². The number of anilines is 1. The molecule has 0 spiro atoms. The van der Waals surface area contributed by atoms with Gasteiger partial charge in [-0.3, -0.25) is 4.72 Å². The second kappa shape index (κ2) is 4.99. The number of aromatic nitrogens is 1. The molecular weight excluding hydrogens is 316 g/mol. The molecule has 0 aromatic carbocycles. The zero-order valence-corrected chi connectivity index (χ0v) is 11.6. The summed E-state index contributed by atoms with van der Waals surface area (Å²) in [6.45, 7) is 0.656. The summed E-state index contributed by atoms with van der Waals surface area (Å²) >= 11 is 4.47. The van der Waals surface area contributed by atoms with E-state index in [4.69, 9.17) is 4.74 Å². The lowest BCUT2D eigenvalue weighted by Gasteiger charge is -2.09. The summed E-state index contributed by atoms with van der Waals surface area (Å²) in [5.74, 6) is 0.00417. The van der Waals surface area contributed by atoms with Crippen LogP contribution >= 0.6 is 27.3 Å². The van der Waals surface area contributed by atoms with E-state index in [-0.39, 0.29) is 11.9 Å². The van der Waals surface area contributed by atoms with Gasteiger partial charge in [0.1, 0.15) is 0 Å². The molecule has 90 valence electrons. The average Bonchev–Trinajstić information content (AvgIpc) is 2.76. The fourth-order valence-electron chi connectivity index (χ4n) is 1.50. The zero-order chi connectivity index (χ0) is 11.6. The quantitative estimate of drug-likeness (QED) is 0.916. The molecule has 16 heavy (non-hydrogen) atoms. The Hall–Kier alpha value is -0.180. The van der Waals surface area contributed by atoms with Crippen molar-refractivity contribution in [2.24, 2.45) is 0 Å². The number of halogens is 1. The Morgan fingerprint density at radius 1 is 1.69 bits per heavy atom. The van der Waals surface area contributed by atoms with E-state index in [1.54, 1.807) is 6.20 Å². The smallest absolute Gasteiger partial charge is 0.237 e. The van der Waals surface area contributed by atoms with Gasteiger partial charge in [0.25, 0.3) is 0 Å². The van der Waals surface area contributed by atoms with E-state index >= 15 is 0 Å². The molecule has 1 N–H and O–H groups in total. The fraction of sp³-hybridized carbons (Fsp3) is 0.625. The van der Waals surface area contributed by atoms with Crippen LogP contribution < -0.4 is 4.72 Å². The lowest BCUT2D eigenvalue weighted by Crippen LogP contribution is -2.25. The van der Waals surface area contributed by atoms with Crippen LogP contribution in [0, 0.1) is 0 Å². The topological polar surface area (TPSA) is 68.3 Å². The highest BCUT2D eigenvalue weighted by Crippen LogP contribution is 2.24. The van der Waals surface area contributed by atoms with Crippen LogP contribution in [-0.4, -0.2) is 31.9 Å². The van der Waals surface area contributed by atoms with Crippen LogP contribution in [0.15, 0.2) is 9.98 Å². The van der Waals surface area contributed by atoms with Crippen LogP contribution in [-0.2, 0) is 14.8 Å². The molecule has 2 heterocycles. The van der Waals surface area contributed by atoms with E-state index < -0.39 is 10.0 Å². The highest BCUT2D eigenvalue weighted by Gasteiger charge is 2.23. The first kappa shape index (κ1) is 12.3. The third-order valence-electron chi connectivity index (χ3n) is 2.15. The van der Waals surface area contributed by atoms with Crippen molar-refractivity contribution in [3.8, 4) is 0 Å². The van der Waals surface area contributed by atoms with E-state index in [1.165, 1.54) is 11.3 Å². The fourth-order valence-corrected chi connectivity index (χ4v) is 4.16. The summed E-state index contributed by atoms with van der Waals surface area (Å²) in [5, 5.41) is 0.380. The van der Waals surface area contributed by atoms with Crippen molar-refractivity contribution in [1.29, 1.82) is 0 Å². The number of hydrogen-bond donors (Lipinski definition) is 1. The van der Waals surface area contributed by atoms with Crippen molar-refractivity contribution in [3.63, 3.8) is 0 Å². The first-order chi connectivity index (χ1) is 7.55. The van der Waals surface area contributed by atoms with Gasteiger partial charge in [0.05, 0.1) is 21.8 Å². The van der Waals surface area contributed by atoms with Crippen molar-refractivity contribution >= 4 is 42.4 Å². The molecule has 0 saturated carbocycles. The number of nitrogens with one attached hydrogen (secondary N) is 1. The molecule has 1 saturated heterocycles. The first-order valence-electron chi connectivity index (χ1n) is 4.78. The summed E-state index contributed by atoms with van der Waals surface area (Å²) < 4.78 is 32.0. The Morgan fingerprint density at radius 2 is 2.50 bits per heavy atom. The molecular formula is C8H11BrN2O3S2. The van der Waals surface area contributed by atoms with Crippen LogP contribution in [0.1, 0.15) is 12.8 Å². The predicted octanol–water partition coefficient (Wildman–Crippen LogP) is 1.83. The molecule has 2 rings (SSSR count). The molecule has 1 atom stereocenters. The molecule has 0 bridgehead atoms. The summed E-state index contributed by atoms with van der Waals surface area (Å²) in [5.41, 5.74) is 0. The van der Waals surface area contributed by atoms with E-state index in [0.29, 0.717) is 11.7 Å². The Balaban J connectivity index is 1.96. The van der Waals surface area contributed by atoms with Crippen molar-refractivity contribution in [2.45, 2.75) is 18.9 Å². The van der Waals surface area contributed by atoms with Gasteiger partial charge >= 0.3 is 0 Å². The standard InChI is InChI=1S/C8H11BrN2O3S2/c9-7-4-10-8(15-7)11-16(12,13)5-6-2-1-3-14-6/h4,6H,1-3,5H2,(H,10,11). The van der Waals surface area contributed by atoms with Gasteiger partial charge in [-0.25, -0.2) is 13.4 Å². The van der Waals surface area contributed by atoms with E-state index in [1.807, 2.05) is 0 Å². The van der Waals surface area contributed by atoms with Gasteiger partial charge in [-0.05, 0) is 28.8 Å². The van der Waals surface area contributed by atoms with Crippen molar-refractivity contribution < 1.29 is 13.2 Å². The van der Waals surface area contributed by atoms with Gasteiger partial charge in [-0.15, -0.1) is 0 Å². The second-order valence-electron chi connectivity index (χ2n) is 3.49. The zero-order valence-electron chi connectivity index (χ0n) is 8.35. The first-order valence-corrected chi connectivity index (χ1v) is 8.05. The van der Waals surface area contributed by atoms with Crippen molar-refractivity contribution in [1.82, 2.24) is 4.98 Å². The summed E-state index contributed by atoms with van der Waals surface area (Å²) in [4.78, 5) is 3.92. The highest BCUT2D eigenvalue weighted by molar-refractivity contribution is 9.11. The third-order valence-corrected chi connectivity index (χ3v) is 4.99. The molecule has 0 aliphatic carbocycles. The van der Waals surface area contributed by atoms with Crippen molar-refractivity contribution in [2.75, 3.05) is 17.1 Å². The van der Waals surface area contributed by atoms with E-state index in [9.17, 15) is 8.42 Å². The maximum atomic E-state index is 11.7. The van der Waals surface area contributed by atoms with Crippen LogP contribution in [0.3, 0.4) is 0 Å². The molecule has 1 aliphatic rings. The van der Waals surface area contributed by atoms with E-state index in [2.05, 4.69) is 25.6 Å². The van der Waals surface area contributed by atoms with Gasteiger partial charge in [-0.1, -0.05) is 11.3 Å². The van der Waals surface area contributed by atoms with E-state index in [0.717, 1.165) is 16.6 Å². The largest absolute Gasteiger partial charge is 0.377 e. The molecule has 1 aromatic heterocycles. The van der Waals surface area contributed by atoms with Gasteiger partial charge in [0.15, 0.2) is 5.13 Å². The molecule has 8 heteroatoms. The minimum Gasteiger partial charge on any atom is -0.377 e. The lowest BCUT2D eigenvalue weighted by molar-refractivity contribution is 0.127. The Bertz CT molecular complexity index is 454. The number of sulfonamides is 1. The molecule has 1 aliphatic heterocycles. The van der Waals surface area contributed by atoms with Gasteiger partial charge in [0.2, 0.25) is 10.0 Å². The Morgan fingerprint density at radius 3 is 3.06 bits per heavy atom. The summed E-state index contributed by atoms with van der Waals surface area (Å²) in [7, 11) is -3.35. The summed E-state index contributed by atoms with van der Waals surface area (Å²) in [6.07, 6.45) is 3.13. The third kappa shape index (κ3) is 3.41. The number of thiazole rings is 1. The monoisotopic (exact) mass is 326 g/mol. The second-order valence-corrected chi connectivity index (χ2v) is 7.66. The molecule has 1 fully saturated rings. The van der Waals surface area contributed by atoms with Crippen LogP contribution in [0.25, 0.3) is 0 Å². The lowest BCUT2D eigenvalue weighted by atomic mass is 10.3. The van der Waals surface area contributed by atoms with Gasteiger partial charge in [-0.2, -0.15) is 0 Å². The molecule has 1 aromatic rings. The number of nitrogens with zero attached hydrogens (tertiary/aromatic N) is 1. The van der Waals surface area contributed by atoms with Gasteiger partial charge < -0.3 is 4.74 Å². The predicted molar refractivity (Wildman–Crippen MR) is 66.2 cm³/mol.